The molecule has 1 aliphatic heterocycles. The number of hydrogen-bond donors (Lipinski definition) is 0. The van der Waals surface area contributed by atoms with E-state index in [0.29, 0.717) is 31.9 Å². The quantitative estimate of drug-likeness (QED) is 0.865. The second-order valence-electron chi connectivity index (χ2n) is 5.26. The van der Waals surface area contributed by atoms with Crippen LogP contribution >= 0.6 is 0 Å². The molecule has 2 aromatic rings. The van der Waals surface area contributed by atoms with Crippen molar-refractivity contribution in [2.24, 2.45) is 0 Å². The van der Waals surface area contributed by atoms with Gasteiger partial charge in [0.25, 0.3) is 0 Å². The van der Waals surface area contributed by atoms with Crippen molar-refractivity contribution in [3.63, 3.8) is 0 Å². The van der Waals surface area contributed by atoms with E-state index in [-0.39, 0.29) is 12.0 Å². The fourth-order valence-corrected chi connectivity index (χ4v) is 2.76. The van der Waals surface area contributed by atoms with Gasteiger partial charge in [-0.15, -0.1) is 0 Å². The van der Waals surface area contributed by atoms with E-state index in [1.807, 2.05) is 30.2 Å². The van der Waals surface area contributed by atoms with Gasteiger partial charge in [0, 0.05) is 25.0 Å². The van der Waals surface area contributed by atoms with Crippen LogP contribution in [0.2, 0.25) is 0 Å². The molecule has 0 unspecified atom stereocenters. The summed E-state index contributed by atoms with van der Waals surface area (Å²) < 4.78 is 13.2. The second-order valence-corrected chi connectivity index (χ2v) is 5.26. The van der Waals surface area contributed by atoms with Crippen molar-refractivity contribution in [2.45, 2.75) is 32.5 Å². The molecule has 5 heteroatoms. The monoisotopic (exact) mass is 288 g/mol. The van der Waals surface area contributed by atoms with E-state index in [1.165, 1.54) is 0 Å². The van der Waals surface area contributed by atoms with E-state index in [1.54, 1.807) is 12.3 Å². The average Bonchev–Trinajstić information content (AvgIpc) is 3.08. The molecule has 0 radical (unpaired) electrons. The number of aromatic nitrogens is 1. The SMILES string of the molecule is CCO[C@@H]1CN(C(=O)Cc2ccco2)Cc2cccn2C1. The molecule has 0 aromatic carbocycles. The third-order valence-corrected chi connectivity index (χ3v) is 3.76. The molecule has 3 rings (SSSR count). The van der Waals surface area contributed by atoms with Crippen LogP contribution in [0.3, 0.4) is 0 Å². The first-order valence-electron chi connectivity index (χ1n) is 7.32. The third kappa shape index (κ3) is 3.19. The van der Waals surface area contributed by atoms with Gasteiger partial charge in [-0.1, -0.05) is 0 Å². The summed E-state index contributed by atoms with van der Waals surface area (Å²) >= 11 is 0. The van der Waals surface area contributed by atoms with Crippen LogP contribution in [0.25, 0.3) is 0 Å². The molecule has 2 aromatic heterocycles. The lowest BCUT2D eigenvalue weighted by Gasteiger charge is -2.23. The van der Waals surface area contributed by atoms with Gasteiger partial charge in [0.15, 0.2) is 0 Å². The van der Waals surface area contributed by atoms with E-state index in [4.69, 9.17) is 9.15 Å². The highest BCUT2D eigenvalue weighted by Crippen LogP contribution is 2.16. The van der Waals surface area contributed by atoms with Crippen molar-refractivity contribution < 1.29 is 13.9 Å². The molecule has 0 spiro atoms. The van der Waals surface area contributed by atoms with Gasteiger partial charge in [0.05, 0.1) is 31.9 Å². The highest BCUT2D eigenvalue weighted by molar-refractivity contribution is 5.78. The number of nitrogens with zero attached hydrogens (tertiary/aromatic N) is 2. The lowest BCUT2D eigenvalue weighted by Crippen LogP contribution is -2.38. The Labute approximate surface area is 124 Å². The Balaban J connectivity index is 1.75. The number of rotatable bonds is 4. The molecular weight excluding hydrogens is 268 g/mol. The highest BCUT2D eigenvalue weighted by atomic mass is 16.5. The van der Waals surface area contributed by atoms with E-state index in [9.17, 15) is 4.79 Å². The molecule has 1 aliphatic rings. The van der Waals surface area contributed by atoms with Crippen molar-refractivity contribution in [1.29, 1.82) is 0 Å². The number of carbonyl (C=O) groups is 1. The highest BCUT2D eigenvalue weighted by Gasteiger charge is 2.25. The normalized spacial score (nSPS) is 18.3. The summed E-state index contributed by atoms with van der Waals surface area (Å²) in [4.78, 5) is 14.4. The summed E-state index contributed by atoms with van der Waals surface area (Å²) in [5.41, 5.74) is 1.14. The Morgan fingerprint density at radius 3 is 3.05 bits per heavy atom. The molecule has 0 fully saturated rings. The first-order valence-corrected chi connectivity index (χ1v) is 7.32. The molecule has 21 heavy (non-hydrogen) atoms. The summed E-state index contributed by atoms with van der Waals surface area (Å²) in [6.45, 7) is 4.67. The van der Waals surface area contributed by atoms with Crippen LogP contribution in [-0.4, -0.2) is 34.6 Å². The van der Waals surface area contributed by atoms with Crippen LogP contribution in [0, 0.1) is 0 Å². The van der Waals surface area contributed by atoms with Gasteiger partial charge in [0.1, 0.15) is 5.76 Å². The van der Waals surface area contributed by atoms with Gasteiger partial charge >= 0.3 is 0 Å². The van der Waals surface area contributed by atoms with E-state index < -0.39 is 0 Å². The Kier molecular flexibility index (Phi) is 4.10. The number of hydrogen-bond acceptors (Lipinski definition) is 3. The zero-order chi connectivity index (χ0) is 14.7. The van der Waals surface area contributed by atoms with Crippen LogP contribution in [0.15, 0.2) is 41.1 Å². The lowest BCUT2D eigenvalue weighted by atomic mass is 10.2. The molecule has 3 heterocycles. The molecule has 1 amide bonds. The van der Waals surface area contributed by atoms with Crippen molar-refractivity contribution in [1.82, 2.24) is 9.47 Å². The molecular formula is C16H20N2O3. The standard InChI is InChI=1S/C16H20N2O3/c1-2-20-15-11-17-7-3-5-13(17)10-18(12-15)16(19)9-14-6-4-8-21-14/h3-8,15H,2,9-12H2,1H3/t15-/m0/s1. The minimum absolute atomic E-state index is 0.0317. The van der Waals surface area contributed by atoms with Crippen molar-refractivity contribution >= 4 is 5.91 Å². The van der Waals surface area contributed by atoms with Gasteiger partial charge in [-0.3, -0.25) is 4.79 Å². The van der Waals surface area contributed by atoms with Crippen molar-refractivity contribution in [3.8, 4) is 0 Å². The Hall–Kier alpha value is -2.01. The largest absolute Gasteiger partial charge is 0.469 e. The lowest BCUT2D eigenvalue weighted by molar-refractivity contribution is -0.133. The maximum absolute atomic E-state index is 12.5. The van der Waals surface area contributed by atoms with Gasteiger partial charge in [-0.2, -0.15) is 0 Å². The van der Waals surface area contributed by atoms with Crippen molar-refractivity contribution in [2.75, 3.05) is 13.2 Å². The number of ether oxygens (including phenoxy) is 1. The number of amides is 1. The Morgan fingerprint density at radius 2 is 2.29 bits per heavy atom. The van der Waals surface area contributed by atoms with Crippen LogP contribution in [-0.2, 0) is 29.0 Å². The summed E-state index contributed by atoms with van der Waals surface area (Å²) in [6.07, 6.45) is 3.97. The van der Waals surface area contributed by atoms with E-state index in [0.717, 1.165) is 12.2 Å². The summed E-state index contributed by atoms with van der Waals surface area (Å²) in [5, 5.41) is 0. The summed E-state index contributed by atoms with van der Waals surface area (Å²) in [7, 11) is 0. The maximum Gasteiger partial charge on any atom is 0.230 e. The maximum atomic E-state index is 12.5. The van der Waals surface area contributed by atoms with Crippen LogP contribution in [0.1, 0.15) is 18.4 Å². The molecule has 5 nitrogen and oxygen atoms in total. The van der Waals surface area contributed by atoms with Crippen LogP contribution in [0.5, 0.6) is 0 Å². The van der Waals surface area contributed by atoms with Gasteiger partial charge in [-0.25, -0.2) is 0 Å². The van der Waals surface area contributed by atoms with Gasteiger partial charge in [0.2, 0.25) is 5.91 Å². The molecule has 0 saturated heterocycles. The summed E-state index contributed by atoms with van der Waals surface area (Å²) in [5.74, 6) is 0.775. The number of carbonyl (C=O) groups excluding carboxylic acids is 1. The third-order valence-electron chi connectivity index (χ3n) is 3.76. The van der Waals surface area contributed by atoms with Crippen molar-refractivity contribution in [3.05, 3.63) is 48.2 Å². The molecule has 112 valence electrons. The zero-order valence-corrected chi connectivity index (χ0v) is 12.2. The van der Waals surface area contributed by atoms with Gasteiger partial charge in [-0.05, 0) is 31.2 Å². The minimum atomic E-state index is 0.0317. The fourth-order valence-electron chi connectivity index (χ4n) is 2.76. The molecule has 0 bridgehead atoms. The first kappa shape index (κ1) is 13.9. The predicted molar refractivity (Wildman–Crippen MR) is 77.7 cm³/mol. The predicted octanol–water partition coefficient (Wildman–Crippen LogP) is 2.07. The molecule has 1 atom stereocenters. The summed E-state index contributed by atoms with van der Waals surface area (Å²) in [6, 6.07) is 7.71. The molecule has 0 N–H and O–H groups in total. The number of fused-ring (bicyclic) bond motifs is 1. The Morgan fingerprint density at radius 1 is 1.38 bits per heavy atom. The topological polar surface area (TPSA) is 47.6 Å². The van der Waals surface area contributed by atoms with Crippen LogP contribution in [0.4, 0.5) is 0 Å². The average molecular weight is 288 g/mol. The fraction of sp³-hybridized carbons (Fsp3) is 0.438. The minimum Gasteiger partial charge on any atom is -0.469 e. The zero-order valence-electron chi connectivity index (χ0n) is 12.2. The van der Waals surface area contributed by atoms with E-state index >= 15 is 0 Å². The smallest absolute Gasteiger partial charge is 0.230 e. The number of furan rings is 1. The molecule has 0 aliphatic carbocycles. The first-order chi connectivity index (χ1) is 10.3. The molecule has 0 saturated carbocycles. The van der Waals surface area contributed by atoms with Crippen LogP contribution < -0.4 is 0 Å². The Bertz CT molecular complexity index is 588. The van der Waals surface area contributed by atoms with E-state index in [2.05, 4.69) is 10.6 Å². The van der Waals surface area contributed by atoms with Gasteiger partial charge < -0.3 is 18.6 Å². The second kappa shape index (κ2) is 6.18.